The Morgan fingerprint density at radius 1 is 0.733 bits per heavy atom. The Bertz CT molecular complexity index is 680. The minimum absolute atomic E-state index is 0.0430. The van der Waals surface area contributed by atoms with E-state index in [1.165, 1.54) is 51.0 Å². The van der Waals surface area contributed by atoms with Gasteiger partial charge in [-0.1, -0.05) is 111 Å². The van der Waals surface area contributed by atoms with Crippen molar-refractivity contribution in [3.05, 3.63) is 26.2 Å². The lowest BCUT2D eigenvalue weighted by atomic mass is 10.1. The van der Waals surface area contributed by atoms with Gasteiger partial charge in [-0.25, -0.2) is 0 Å². The molecule has 0 heterocycles. The van der Waals surface area contributed by atoms with Crippen LogP contribution in [0.3, 0.4) is 0 Å². The van der Waals surface area contributed by atoms with Gasteiger partial charge in [0.2, 0.25) is 0 Å². The third-order valence-corrected chi connectivity index (χ3v) is 6.11. The summed E-state index contributed by atoms with van der Waals surface area (Å²) >= 11 is 23.7. The summed E-state index contributed by atoms with van der Waals surface area (Å²) in [4.78, 5) is 23.7. The van der Waals surface area contributed by atoms with Crippen molar-refractivity contribution in [1.29, 1.82) is 0 Å². The lowest BCUT2D eigenvalue weighted by Gasteiger charge is -2.10. The van der Waals surface area contributed by atoms with E-state index in [-0.39, 0.29) is 38.7 Å². The topological polar surface area (TPSA) is 52.6 Å². The highest BCUT2D eigenvalue weighted by Crippen LogP contribution is 2.42. The van der Waals surface area contributed by atoms with Gasteiger partial charge in [-0.05, 0) is 12.5 Å². The fourth-order valence-corrected chi connectivity index (χ4v) is 3.84. The van der Waals surface area contributed by atoms with Crippen molar-refractivity contribution in [1.82, 2.24) is 0 Å². The minimum Gasteiger partial charge on any atom is -0.466 e. The van der Waals surface area contributed by atoms with Gasteiger partial charge in [-0.2, -0.15) is 0 Å². The van der Waals surface area contributed by atoms with Gasteiger partial charge in [0.05, 0.1) is 34.5 Å². The summed E-state index contributed by atoms with van der Waals surface area (Å²) in [6.45, 7) is 2.59. The standard InChI is InChI=1S/C22H30Cl4O4/c1-2-3-4-5-6-7-8-9-10-11-14-29-18(27)12-13-19(28)30-22-17(24)15-16(23)20(25)21(22)26/h15H,2-14H2,1H3. The van der Waals surface area contributed by atoms with Crippen molar-refractivity contribution in [2.24, 2.45) is 0 Å². The molecule has 0 unspecified atom stereocenters. The predicted octanol–water partition coefficient (Wildman–Crippen LogP) is 8.45. The van der Waals surface area contributed by atoms with E-state index in [1.54, 1.807) is 0 Å². The first-order chi connectivity index (χ1) is 14.4. The third-order valence-electron chi connectivity index (χ3n) is 4.58. The van der Waals surface area contributed by atoms with Crippen LogP contribution in [0.15, 0.2) is 6.07 Å². The maximum absolute atomic E-state index is 12.0. The largest absolute Gasteiger partial charge is 0.466 e. The SMILES string of the molecule is CCCCCCCCCCCCOC(=O)CCC(=O)Oc1c(Cl)cc(Cl)c(Cl)c1Cl. The van der Waals surface area contributed by atoms with Crippen LogP contribution >= 0.6 is 46.4 Å². The Labute approximate surface area is 199 Å². The molecule has 1 rings (SSSR count). The van der Waals surface area contributed by atoms with Gasteiger partial charge in [-0.3, -0.25) is 9.59 Å². The van der Waals surface area contributed by atoms with Gasteiger partial charge in [0.25, 0.3) is 0 Å². The van der Waals surface area contributed by atoms with E-state index in [0.717, 1.165) is 19.3 Å². The second kappa shape index (κ2) is 16.0. The molecule has 0 fully saturated rings. The van der Waals surface area contributed by atoms with Crippen LogP contribution in [0.2, 0.25) is 20.1 Å². The maximum atomic E-state index is 12.0. The molecule has 0 aliphatic heterocycles. The molecule has 0 aliphatic carbocycles. The zero-order chi connectivity index (χ0) is 22.4. The van der Waals surface area contributed by atoms with E-state index in [1.807, 2.05) is 0 Å². The number of hydrogen-bond donors (Lipinski definition) is 0. The Kier molecular flexibility index (Phi) is 14.6. The van der Waals surface area contributed by atoms with Crippen molar-refractivity contribution in [3.63, 3.8) is 0 Å². The van der Waals surface area contributed by atoms with Gasteiger partial charge in [0.1, 0.15) is 5.02 Å². The summed E-state index contributed by atoms with van der Waals surface area (Å²) in [7, 11) is 0. The predicted molar refractivity (Wildman–Crippen MR) is 124 cm³/mol. The monoisotopic (exact) mass is 498 g/mol. The van der Waals surface area contributed by atoms with E-state index in [0.29, 0.717) is 6.61 Å². The van der Waals surface area contributed by atoms with Gasteiger partial charge in [0, 0.05) is 0 Å². The molecule has 0 spiro atoms. The molecule has 8 heteroatoms. The van der Waals surface area contributed by atoms with E-state index >= 15 is 0 Å². The average Bonchev–Trinajstić information content (AvgIpc) is 2.72. The van der Waals surface area contributed by atoms with Gasteiger partial charge >= 0.3 is 11.9 Å². The van der Waals surface area contributed by atoms with Crippen LogP contribution in [0, 0.1) is 0 Å². The van der Waals surface area contributed by atoms with E-state index in [4.69, 9.17) is 55.9 Å². The van der Waals surface area contributed by atoms with Crippen molar-refractivity contribution < 1.29 is 19.1 Å². The fourth-order valence-electron chi connectivity index (χ4n) is 2.86. The first kappa shape index (κ1) is 27.4. The minimum atomic E-state index is -0.659. The van der Waals surface area contributed by atoms with Crippen LogP contribution in [-0.2, 0) is 14.3 Å². The van der Waals surface area contributed by atoms with E-state index in [2.05, 4.69) is 6.92 Å². The molecular weight excluding hydrogens is 470 g/mol. The Morgan fingerprint density at radius 2 is 1.27 bits per heavy atom. The zero-order valence-electron chi connectivity index (χ0n) is 17.4. The highest BCUT2D eigenvalue weighted by Gasteiger charge is 2.19. The molecule has 0 atom stereocenters. The number of esters is 2. The number of rotatable bonds is 15. The number of halogens is 4. The van der Waals surface area contributed by atoms with E-state index in [9.17, 15) is 9.59 Å². The maximum Gasteiger partial charge on any atom is 0.311 e. The fraction of sp³-hybridized carbons (Fsp3) is 0.636. The molecular formula is C22H30Cl4O4. The van der Waals surface area contributed by atoms with Crippen molar-refractivity contribution >= 4 is 58.3 Å². The quantitative estimate of drug-likeness (QED) is 0.0797. The number of carbonyl (C=O) groups excluding carboxylic acids is 2. The summed E-state index contributed by atoms with van der Waals surface area (Å²) in [5.74, 6) is -1.17. The summed E-state index contributed by atoms with van der Waals surface area (Å²) in [5.41, 5.74) is 0. The third kappa shape index (κ3) is 11.1. The van der Waals surface area contributed by atoms with Crippen LogP contribution < -0.4 is 4.74 Å². The van der Waals surface area contributed by atoms with E-state index < -0.39 is 11.9 Å². The molecule has 1 aromatic carbocycles. The second-order valence-electron chi connectivity index (χ2n) is 7.17. The lowest BCUT2D eigenvalue weighted by molar-refractivity contribution is -0.147. The molecule has 0 N–H and O–H groups in total. The first-order valence-corrected chi connectivity index (χ1v) is 12.1. The molecule has 1 aromatic rings. The van der Waals surface area contributed by atoms with Crippen molar-refractivity contribution in [2.45, 2.75) is 84.0 Å². The summed E-state index contributed by atoms with van der Waals surface area (Å²) in [6.07, 6.45) is 11.9. The zero-order valence-corrected chi connectivity index (χ0v) is 20.4. The first-order valence-electron chi connectivity index (χ1n) is 10.6. The lowest BCUT2D eigenvalue weighted by Crippen LogP contribution is -2.13. The molecule has 0 amide bonds. The molecule has 4 nitrogen and oxygen atoms in total. The highest BCUT2D eigenvalue weighted by molar-refractivity contribution is 6.50. The van der Waals surface area contributed by atoms with Gasteiger partial charge in [-0.15, -0.1) is 0 Å². The van der Waals surface area contributed by atoms with Crippen LogP contribution in [0.1, 0.15) is 84.0 Å². The molecule has 0 aliphatic rings. The van der Waals surface area contributed by atoms with Gasteiger partial charge < -0.3 is 9.47 Å². The Balaban J connectivity index is 2.12. The average molecular weight is 500 g/mol. The molecule has 0 bridgehead atoms. The highest BCUT2D eigenvalue weighted by atomic mass is 35.5. The molecule has 30 heavy (non-hydrogen) atoms. The van der Waals surface area contributed by atoms with Crippen LogP contribution in [0.4, 0.5) is 0 Å². The Morgan fingerprint density at radius 3 is 1.87 bits per heavy atom. The van der Waals surface area contributed by atoms with Crippen LogP contribution in [-0.4, -0.2) is 18.5 Å². The molecule has 0 saturated carbocycles. The number of carbonyl (C=O) groups is 2. The van der Waals surface area contributed by atoms with Crippen molar-refractivity contribution in [3.8, 4) is 5.75 Å². The summed E-state index contributed by atoms with van der Waals surface area (Å²) < 4.78 is 10.3. The number of hydrogen-bond acceptors (Lipinski definition) is 4. The molecule has 0 aromatic heterocycles. The number of ether oxygens (including phenoxy) is 2. The molecule has 0 saturated heterocycles. The normalized spacial score (nSPS) is 10.8. The van der Waals surface area contributed by atoms with Gasteiger partial charge in [0.15, 0.2) is 5.75 Å². The number of unbranched alkanes of at least 4 members (excludes halogenated alkanes) is 9. The molecule has 170 valence electrons. The van der Waals surface area contributed by atoms with Crippen LogP contribution in [0.25, 0.3) is 0 Å². The summed E-state index contributed by atoms with van der Waals surface area (Å²) in [6, 6.07) is 1.33. The Hall–Kier alpha value is -0.680. The summed E-state index contributed by atoms with van der Waals surface area (Å²) in [5, 5.41) is 0.209. The second-order valence-corrected chi connectivity index (χ2v) is 8.74. The number of benzene rings is 1. The van der Waals surface area contributed by atoms with Crippen molar-refractivity contribution in [2.75, 3.05) is 6.61 Å². The smallest absolute Gasteiger partial charge is 0.311 e. The molecule has 0 radical (unpaired) electrons. The van der Waals surface area contributed by atoms with Crippen LogP contribution in [0.5, 0.6) is 5.75 Å².